The van der Waals surface area contributed by atoms with Crippen molar-refractivity contribution < 1.29 is 8.78 Å². The molecule has 0 rings (SSSR count). The van der Waals surface area contributed by atoms with Gasteiger partial charge in [-0.2, -0.15) is 0 Å². The highest BCUT2D eigenvalue weighted by molar-refractivity contribution is 4.83. The van der Waals surface area contributed by atoms with Crippen LogP contribution in [0.15, 0.2) is 0 Å². The fraction of sp³-hybridized carbons (Fsp3) is 0.750. The molecule has 0 spiro atoms. The van der Waals surface area contributed by atoms with E-state index in [0.717, 1.165) is 6.42 Å². The summed E-state index contributed by atoms with van der Waals surface area (Å²) in [5, 5.41) is 2.67. The first kappa shape index (κ1) is 10.4. The summed E-state index contributed by atoms with van der Waals surface area (Å²) in [5.74, 6) is 2.44. The lowest BCUT2D eigenvalue weighted by Gasteiger charge is -2.11. The van der Waals surface area contributed by atoms with Gasteiger partial charge >= 0.3 is 0 Å². The van der Waals surface area contributed by atoms with Gasteiger partial charge in [-0.05, 0) is 19.9 Å². The maximum absolute atomic E-state index is 11.8. The minimum absolute atomic E-state index is 0.565. The Bertz CT molecular complexity index is 129. The number of unbranched alkanes of at least 4 members (excludes halogenated alkanes) is 1. The molecule has 0 saturated heterocycles. The van der Waals surface area contributed by atoms with Crippen LogP contribution >= 0.6 is 0 Å². The zero-order valence-electron chi connectivity index (χ0n) is 6.61. The number of hydrogen-bond donors (Lipinski definition) is 1. The zero-order valence-corrected chi connectivity index (χ0v) is 6.61. The zero-order chi connectivity index (χ0) is 8.69. The van der Waals surface area contributed by atoms with Crippen molar-refractivity contribution in [3.63, 3.8) is 0 Å². The Kier molecular flexibility index (Phi) is 5.77. The standard InChI is InChI=1S/C8H13F2N/c1-3-4-5-6-11-7(2)8(9)10/h1,7-8,11H,4-6H2,2H3. The largest absolute Gasteiger partial charge is 0.309 e. The van der Waals surface area contributed by atoms with Gasteiger partial charge in [-0.25, -0.2) is 8.78 Å². The van der Waals surface area contributed by atoms with Crippen molar-refractivity contribution >= 4 is 0 Å². The average molecular weight is 161 g/mol. The number of terminal acetylenes is 1. The number of halogens is 2. The minimum atomic E-state index is -2.29. The summed E-state index contributed by atoms with van der Waals surface area (Å²) in [4.78, 5) is 0. The molecule has 0 amide bonds. The predicted molar refractivity (Wildman–Crippen MR) is 41.5 cm³/mol. The van der Waals surface area contributed by atoms with E-state index in [1.807, 2.05) is 0 Å². The highest BCUT2D eigenvalue weighted by Gasteiger charge is 2.11. The quantitative estimate of drug-likeness (QED) is 0.477. The molecule has 1 unspecified atom stereocenters. The number of nitrogens with one attached hydrogen (secondary N) is 1. The lowest BCUT2D eigenvalue weighted by molar-refractivity contribution is 0.106. The molecule has 0 aromatic rings. The van der Waals surface area contributed by atoms with Gasteiger partial charge in [-0.3, -0.25) is 0 Å². The van der Waals surface area contributed by atoms with Crippen LogP contribution in [-0.4, -0.2) is 19.0 Å². The van der Waals surface area contributed by atoms with Gasteiger partial charge in [0.2, 0.25) is 0 Å². The van der Waals surface area contributed by atoms with Gasteiger partial charge in [0, 0.05) is 6.42 Å². The van der Waals surface area contributed by atoms with Gasteiger partial charge in [-0.1, -0.05) is 0 Å². The molecule has 0 aliphatic rings. The highest BCUT2D eigenvalue weighted by atomic mass is 19.3. The maximum atomic E-state index is 11.8. The van der Waals surface area contributed by atoms with Crippen LogP contribution in [0.2, 0.25) is 0 Å². The summed E-state index contributed by atoms with van der Waals surface area (Å²) in [5.41, 5.74) is 0. The molecular weight excluding hydrogens is 148 g/mol. The van der Waals surface area contributed by atoms with Crippen LogP contribution in [0.25, 0.3) is 0 Å². The second-order valence-electron chi connectivity index (χ2n) is 2.38. The summed E-state index contributed by atoms with van der Waals surface area (Å²) < 4.78 is 23.7. The van der Waals surface area contributed by atoms with Gasteiger partial charge in [-0.15, -0.1) is 12.3 Å². The van der Waals surface area contributed by atoms with E-state index in [9.17, 15) is 8.78 Å². The molecule has 3 heteroatoms. The number of hydrogen-bond acceptors (Lipinski definition) is 1. The third-order valence-corrected chi connectivity index (χ3v) is 1.34. The molecule has 0 saturated carbocycles. The van der Waals surface area contributed by atoms with Gasteiger partial charge in [0.05, 0.1) is 6.04 Å². The van der Waals surface area contributed by atoms with E-state index in [0.29, 0.717) is 13.0 Å². The molecule has 1 atom stereocenters. The van der Waals surface area contributed by atoms with Crippen LogP contribution < -0.4 is 5.32 Å². The van der Waals surface area contributed by atoms with Crippen molar-refractivity contribution in [2.45, 2.75) is 32.2 Å². The van der Waals surface area contributed by atoms with Crippen LogP contribution in [0.1, 0.15) is 19.8 Å². The summed E-state index contributed by atoms with van der Waals surface area (Å²) in [7, 11) is 0. The fourth-order valence-corrected chi connectivity index (χ4v) is 0.609. The second kappa shape index (κ2) is 6.11. The van der Waals surface area contributed by atoms with Crippen molar-refractivity contribution in [1.29, 1.82) is 0 Å². The Morgan fingerprint density at radius 1 is 1.55 bits per heavy atom. The summed E-state index contributed by atoms with van der Waals surface area (Å²) in [6.07, 6.45) is 4.09. The normalized spacial score (nSPS) is 13.0. The van der Waals surface area contributed by atoms with E-state index in [1.54, 1.807) is 0 Å². The van der Waals surface area contributed by atoms with Gasteiger partial charge in [0.25, 0.3) is 6.43 Å². The molecule has 0 heterocycles. The van der Waals surface area contributed by atoms with Crippen molar-refractivity contribution in [1.82, 2.24) is 5.32 Å². The molecule has 1 N–H and O–H groups in total. The molecule has 0 radical (unpaired) electrons. The molecule has 64 valence electrons. The fourth-order valence-electron chi connectivity index (χ4n) is 0.609. The lowest BCUT2D eigenvalue weighted by atomic mass is 10.3. The van der Waals surface area contributed by atoms with E-state index in [-0.39, 0.29) is 0 Å². The molecule has 0 aliphatic carbocycles. The van der Waals surface area contributed by atoms with Crippen LogP contribution in [0.4, 0.5) is 8.78 Å². The topological polar surface area (TPSA) is 12.0 Å². The number of alkyl halides is 2. The molecule has 11 heavy (non-hydrogen) atoms. The van der Waals surface area contributed by atoms with Gasteiger partial charge in [0.15, 0.2) is 0 Å². The average Bonchev–Trinajstić information content (AvgIpc) is 1.97. The smallest absolute Gasteiger partial charge is 0.253 e. The SMILES string of the molecule is C#CCCCNC(C)C(F)F. The molecule has 0 aromatic heterocycles. The van der Waals surface area contributed by atoms with Crippen LogP contribution in [0.5, 0.6) is 0 Å². The highest BCUT2D eigenvalue weighted by Crippen LogP contribution is 1.99. The first-order valence-corrected chi connectivity index (χ1v) is 3.63. The Morgan fingerprint density at radius 3 is 2.64 bits per heavy atom. The van der Waals surface area contributed by atoms with Crippen molar-refractivity contribution in [3.8, 4) is 12.3 Å². The third-order valence-electron chi connectivity index (χ3n) is 1.34. The Balaban J connectivity index is 3.19. The molecular formula is C8H13F2N. The summed E-state index contributed by atoms with van der Waals surface area (Å²) in [6, 6.07) is -0.729. The third kappa shape index (κ3) is 5.81. The lowest BCUT2D eigenvalue weighted by Crippen LogP contribution is -2.33. The van der Waals surface area contributed by atoms with Gasteiger partial charge < -0.3 is 5.32 Å². The Labute approximate surface area is 66.2 Å². The van der Waals surface area contributed by atoms with Gasteiger partial charge in [0.1, 0.15) is 0 Å². The maximum Gasteiger partial charge on any atom is 0.253 e. The van der Waals surface area contributed by atoms with E-state index in [2.05, 4.69) is 11.2 Å². The molecule has 0 bridgehead atoms. The summed E-state index contributed by atoms with van der Waals surface area (Å²) >= 11 is 0. The Hall–Kier alpha value is -0.620. The monoisotopic (exact) mass is 161 g/mol. The molecule has 0 fully saturated rings. The van der Waals surface area contributed by atoms with Crippen LogP contribution in [-0.2, 0) is 0 Å². The van der Waals surface area contributed by atoms with Crippen LogP contribution in [0.3, 0.4) is 0 Å². The Morgan fingerprint density at radius 2 is 2.18 bits per heavy atom. The number of rotatable bonds is 5. The van der Waals surface area contributed by atoms with Crippen molar-refractivity contribution in [3.05, 3.63) is 0 Å². The van der Waals surface area contributed by atoms with Crippen molar-refractivity contribution in [2.24, 2.45) is 0 Å². The molecule has 1 nitrogen and oxygen atoms in total. The first-order chi connectivity index (χ1) is 5.18. The summed E-state index contributed by atoms with van der Waals surface area (Å²) in [6.45, 7) is 2.02. The van der Waals surface area contributed by atoms with E-state index < -0.39 is 12.5 Å². The van der Waals surface area contributed by atoms with E-state index in [4.69, 9.17) is 6.42 Å². The van der Waals surface area contributed by atoms with E-state index >= 15 is 0 Å². The van der Waals surface area contributed by atoms with Crippen molar-refractivity contribution in [2.75, 3.05) is 6.54 Å². The molecule has 0 aromatic carbocycles. The first-order valence-electron chi connectivity index (χ1n) is 3.63. The minimum Gasteiger partial charge on any atom is -0.309 e. The molecule has 0 aliphatic heterocycles. The van der Waals surface area contributed by atoms with E-state index in [1.165, 1.54) is 6.92 Å². The second-order valence-corrected chi connectivity index (χ2v) is 2.38. The predicted octanol–water partition coefficient (Wildman–Crippen LogP) is 1.64. The van der Waals surface area contributed by atoms with Crippen LogP contribution in [0, 0.1) is 12.3 Å².